The van der Waals surface area contributed by atoms with Gasteiger partial charge in [0.15, 0.2) is 0 Å². The van der Waals surface area contributed by atoms with Gasteiger partial charge in [-0.2, -0.15) is 0 Å². The summed E-state index contributed by atoms with van der Waals surface area (Å²) in [5.74, 6) is 0.00321. The van der Waals surface area contributed by atoms with Gasteiger partial charge in [-0.3, -0.25) is 4.79 Å². The fourth-order valence-electron chi connectivity index (χ4n) is 2.72. The molecule has 0 bridgehead atoms. The molecule has 0 aliphatic carbocycles. The molecule has 1 N–H and O–H groups in total. The van der Waals surface area contributed by atoms with Gasteiger partial charge in [0.25, 0.3) is 5.91 Å². The normalized spacial score (nSPS) is 22.7. The Labute approximate surface area is 113 Å². The Balaban J connectivity index is 1.62. The van der Waals surface area contributed by atoms with E-state index < -0.39 is 0 Å². The zero-order valence-corrected chi connectivity index (χ0v) is 11.1. The first-order chi connectivity index (χ1) is 9.33. The smallest absolute Gasteiger partial charge is 0.251 e. The van der Waals surface area contributed by atoms with Gasteiger partial charge in [-0.1, -0.05) is 0 Å². The van der Waals surface area contributed by atoms with Gasteiger partial charge in [-0.25, -0.2) is 0 Å². The van der Waals surface area contributed by atoms with Gasteiger partial charge in [0, 0.05) is 30.9 Å². The third-order valence-electron chi connectivity index (χ3n) is 3.87. The third kappa shape index (κ3) is 2.89. The molecule has 2 saturated heterocycles. The molecule has 1 aromatic carbocycles. The molecule has 0 spiro atoms. The summed E-state index contributed by atoms with van der Waals surface area (Å²) in [6.07, 6.45) is 3.45. The standard InChI is InChI=1S/C15H20N2O2/c18-15(16-13-7-10-19-11-13)12-3-5-14(6-4-12)17-8-1-2-9-17/h3-6,13H,1-2,7-11H2,(H,16,18). The van der Waals surface area contributed by atoms with Gasteiger partial charge in [-0.05, 0) is 43.5 Å². The van der Waals surface area contributed by atoms with Crippen LogP contribution in [0.15, 0.2) is 24.3 Å². The first-order valence-corrected chi connectivity index (χ1v) is 7.06. The molecule has 19 heavy (non-hydrogen) atoms. The number of nitrogens with one attached hydrogen (secondary N) is 1. The Kier molecular flexibility index (Phi) is 3.69. The molecule has 2 aliphatic heterocycles. The maximum atomic E-state index is 12.1. The number of hydrogen-bond acceptors (Lipinski definition) is 3. The van der Waals surface area contributed by atoms with Gasteiger partial charge in [-0.15, -0.1) is 0 Å². The van der Waals surface area contributed by atoms with Gasteiger partial charge in [0.1, 0.15) is 0 Å². The first-order valence-electron chi connectivity index (χ1n) is 7.06. The van der Waals surface area contributed by atoms with E-state index in [1.807, 2.05) is 24.3 Å². The Hall–Kier alpha value is -1.55. The predicted octanol–water partition coefficient (Wildman–Crippen LogP) is 1.81. The number of amides is 1. The van der Waals surface area contributed by atoms with Crippen molar-refractivity contribution in [3.8, 4) is 0 Å². The zero-order chi connectivity index (χ0) is 13.1. The fourth-order valence-corrected chi connectivity index (χ4v) is 2.72. The number of ether oxygens (including phenoxy) is 1. The average Bonchev–Trinajstić information content (AvgIpc) is 3.12. The molecule has 2 fully saturated rings. The van der Waals surface area contributed by atoms with Crippen molar-refractivity contribution in [2.24, 2.45) is 0 Å². The molecule has 4 heteroatoms. The van der Waals surface area contributed by atoms with Crippen LogP contribution in [0.25, 0.3) is 0 Å². The van der Waals surface area contributed by atoms with E-state index in [-0.39, 0.29) is 11.9 Å². The van der Waals surface area contributed by atoms with E-state index >= 15 is 0 Å². The number of rotatable bonds is 3. The van der Waals surface area contributed by atoms with Gasteiger partial charge >= 0.3 is 0 Å². The highest BCUT2D eigenvalue weighted by molar-refractivity contribution is 5.94. The number of benzene rings is 1. The summed E-state index contributed by atoms with van der Waals surface area (Å²) in [6.45, 7) is 3.65. The van der Waals surface area contributed by atoms with Crippen LogP contribution in [0.1, 0.15) is 29.6 Å². The Morgan fingerprint density at radius 2 is 1.95 bits per heavy atom. The van der Waals surface area contributed by atoms with Crippen molar-refractivity contribution in [1.29, 1.82) is 0 Å². The minimum atomic E-state index is 0.00321. The van der Waals surface area contributed by atoms with Crippen LogP contribution in [-0.4, -0.2) is 38.3 Å². The van der Waals surface area contributed by atoms with E-state index in [1.165, 1.54) is 18.5 Å². The summed E-state index contributed by atoms with van der Waals surface area (Å²) in [5, 5.41) is 3.01. The van der Waals surface area contributed by atoms with Crippen LogP contribution >= 0.6 is 0 Å². The average molecular weight is 260 g/mol. The largest absolute Gasteiger partial charge is 0.379 e. The minimum Gasteiger partial charge on any atom is -0.379 e. The summed E-state index contributed by atoms with van der Waals surface area (Å²) < 4.78 is 5.26. The predicted molar refractivity (Wildman–Crippen MR) is 74.6 cm³/mol. The number of hydrogen-bond donors (Lipinski definition) is 1. The molecular formula is C15H20N2O2. The van der Waals surface area contributed by atoms with Crippen LogP contribution < -0.4 is 10.2 Å². The summed E-state index contributed by atoms with van der Waals surface area (Å²) in [7, 11) is 0. The topological polar surface area (TPSA) is 41.6 Å². The number of nitrogens with zero attached hydrogens (tertiary/aromatic N) is 1. The number of carbonyl (C=O) groups excluding carboxylic acids is 1. The van der Waals surface area contributed by atoms with Crippen molar-refractivity contribution in [3.63, 3.8) is 0 Å². The molecule has 1 atom stereocenters. The summed E-state index contributed by atoms with van der Waals surface area (Å²) in [5.41, 5.74) is 1.95. The molecule has 1 amide bonds. The summed E-state index contributed by atoms with van der Waals surface area (Å²) in [6, 6.07) is 8.10. The summed E-state index contributed by atoms with van der Waals surface area (Å²) in [4.78, 5) is 14.4. The highest BCUT2D eigenvalue weighted by Crippen LogP contribution is 2.20. The second kappa shape index (κ2) is 5.61. The van der Waals surface area contributed by atoms with Gasteiger partial charge < -0.3 is 15.0 Å². The molecular weight excluding hydrogens is 240 g/mol. The van der Waals surface area contributed by atoms with Crippen molar-refractivity contribution in [1.82, 2.24) is 5.32 Å². The molecule has 1 unspecified atom stereocenters. The quantitative estimate of drug-likeness (QED) is 0.901. The SMILES string of the molecule is O=C(NC1CCOC1)c1ccc(N2CCCC2)cc1. The van der Waals surface area contributed by atoms with Crippen molar-refractivity contribution in [2.75, 3.05) is 31.2 Å². The van der Waals surface area contributed by atoms with Gasteiger partial charge in [0.2, 0.25) is 0 Å². The van der Waals surface area contributed by atoms with Crippen LogP contribution in [-0.2, 0) is 4.74 Å². The molecule has 4 nitrogen and oxygen atoms in total. The van der Waals surface area contributed by atoms with Crippen LogP contribution in [0.2, 0.25) is 0 Å². The zero-order valence-electron chi connectivity index (χ0n) is 11.1. The lowest BCUT2D eigenvalue weighted by atomic mass is 10.1. The molecule has 2 heterocycles. The highest BCUT2D eigenvalue weighted by atomic mass is 16.5. The van der Waals surface area contributed by atoms with Crippen molar-refractivity contribution in [3.05, 3.63) is 29.8 Å². The van der Waals surface area contributed by atoms with Crippen LogP contribution in [0, 0.1) is 0 Å². The van der Waals surface area contributed by atoms with E-state index in [0.29, 0.717) is 6.61 Å². The first kappa shape index (κ1) is 12.5. The number of carbonyl (C=O) groups is 1. The molecule has 0 saturated carbocycles. The van der Waals surface area contributed by atoms with E-state index in [1.54, 1.807) is 0 Å². The Morgan fingerprint density at radius 1 is 1.21 bits per heavy atom. The van der Waals surface area contributed by atoms with Crippen molar-refractivity contribution in [2.45, 2.75) is 25.3 Å². The second-order valence-electron chi connectivity index (χ2n) is 5.28. The van der Waals surface area contributed by atoms with E-state index in [4.69, 9.17) is 4.74 Å². The van der Waals surface area contributed by atoms with Gasteiger partial charge in [0.05, 0.1) is 12.6 Å². The fraction of sp³-hybridized carbons (Fsp3) is 0.533. The minimum absolute atomic E-state index is 0.00321. The van der Waals surface area contributed by atoms with E-state index in [9.17, 15) is 4.79 Å². The lowest BCUT2D eigenvalue weighted by molar-refractivity contribution is 0.0930. The molecule has 1 aromatic rings. The van der Waals surface area contributed by atoms with Crippen molar-refractivity contribution >= 4 is 11.6 Å². The highest BCUT2D eigenvalue weighted by Gasteiger charge is 2.19. The van der Waals surface area contributed by atoms with Crippen molar-refractivity contribution < 1.29 is 9.53 Å². The molecule has 0 aromatic heterocycles. The van der Waals surface area contributed by atoms with Crippen LogP contribution in [0.5, 0.6) is 0 Å². The second-order valence-corrected chi connectivity index (χ2v) is 5.28. The monoisotopic (exact) mass is 260 g/mol. The third-order valence-corrected chi connectivity index (χ3v) is 3.87. The molecule has 0 radical (unpaired) electrons. The molecule has 102 valence electrons. The maximum absolute atomic E-state index is 12.1. The Morgan fingerprint density at radius 3 is 2.58 bits per heavy atom. The van der Waals surface area contributed by atoms with E-state index in [2.05, 4.69) is 10.2 Å². The maximum Gasteiger partial charge on any atom is 0.251 e. The lowest BCUT2D eigenvalue weighted by Crippen LogP contribution is -2.35. The van der Waals surface area contributed by atoms with Crippen LogP contribution in [0.4, 0.5) is 5.69 Å². The Bertz CT molecular complexity index is 432. The van der Waals surface area contributed by atoms with E-state index in [0.717, 1.165) is 31.7 Å². The number of anilines is 1. The lowest BCUT2D eigenvalue weighted by Gasteiger charge is -2.18. The summed E-state index contributed by atoms with van der Waals surface area (Å²) >= 11 is 0. The van der Waals surface area contributed by atoms with Crippen LogP contribution in [0.3, 0.4) is 0 Å². The molecule has 3 rings (SSSR count). The molecule has 2 aliphatic rings.